The molecule has 1 aromatic heterocycles. The SMILES string of the molecule is CCC[C@H]1CN(c2noc(C3CC3)n2)C[C@@H]1C(=O)O. The van der Waals surface area contributed by atoms with Gasteiger partial charge in [0.15, 0.2) is 0 Å². The standard InChI is InChI=1S/C13H19N3O3/c1-2-3-9-6-16(7-10(9)12(17)18)13-14-11(19-15-13)8-4-5-8/h8-10H,2-7H2,1H3,(H,17,18)/t9-,10-/m0/s1. The second kappa shape index (κ2) is 4.83. The van der Waals surface area contributed by atoms with Crippen LogP contribution in [0.3, 0.4) is 0 Å². The maximum absolute atomic E-state index is 11.3. The molecule has 1 aromatic rings. The normalized spacial score (nSPS) is 26.9. The van der Waals surface area contributed by atoms with Crippen LogP contribution in [0.4, 0.5) is 5.95 Å². The molecule has 0 aromatic carbocycles. The van der Waals surface area contributed by atoms with Gasteiger partial charge in [-0.25, -0.2) is 0 Å². The predicted molar refractivity (Wildman–Crippen MR) is 68.0 cm³/mol. The molecule has 0 amide bonds. The van der Waals surface area contributed by atoms with E-state index in [0.29, 0.717) is 30.8 Å². The van der Waals surface area contributed by atoms with Crippen LogP contribution in [0.25, 0.3) is 0 Å². The first-order valence-electron chi connectivity index (χ1n) is 7.00. The zero-order valence-corrected chi connectivity index (χ0v) is 11.1. The van der Waals surface area contributed by atoms with E-state index in [9.17, 15) is 9.90 Å². The number of aromatic nitrogens is 2. The van der Waals surface area contributed by atoms with Gasteiger partial charge >= 0.3 is 5.97 Å². The lowest BCUT2D eigenvalue weighted by Gasteiger charge is -2.12. The van der Waals surface area contributed by atoms with E-state index >= 15 is 0 Å². The molecule has 3 rings (SSSR count). The van der Waals surface area contributed by atoms with Gasteiger partial charge in [-0.3, -0.25) is 4.79 Å². The van der Waals surface area contributed by atoms with E-state index in [-0.39, 0.29) is 11.8 Å². The van der Waals surface area contributed by atoms with Gasteiger partial charge in [0.05, 0.1) is 5.92 Å². The maximum atomic E-state index is 11.3. The average molecular weight is 265 g/mol. The lowest BCUT2D eigenvalue weighted by Crippen LogP contribution is -2.24. The van der Waals surface area contributed by atoms with E-state index < -0.39 is 5.97 Å². The summed E-state index contributed by atoms with van der Waals surface area (Å²) in [4.78, 5) is 17.6. The molecule has 2 aliphatic rings. The number of carbonyl (C=O) groups is 1. The number of aliphatic carboxylic acids is 1. The average Bonchev–Trinajstić information content (AvgIpc) is 2.96. The molecule has 0 unspecified atom stereocenters. The summed E-state index contributed by atoms with van der Waals surface area (Å²) in [5.41, 5.74) is 0. The first-order valence-corrected chi connectivity index (χ1v) is 7.00. The van der Waals surface area contributed by atoms with Gasteiger partial charge in [0.25, 0.3) is 5.95 Å². The topological polar surface area (TPSA) is 79.5 Å². The molecule has 0 radical (unpaired) electrons. The van der Waals surface area contributed by atoms with Crippen molar-refractivity contribution in [3.8, 4) is 0 Å². The van der Waals surface area contributed by atoms with Crippen molar-refractivity contribution in [3.63, 3.8) is 0 Å². The van der Waals surface area contributed by atoms with Crippen molar-refractivity contribution in [1.82, 2.24) is 10.1 Å². The van der Waals surface area contributed by atoms with Gasteiger partial charge in [-0.2, -0.15) is 4.98 Å². The molecule has 104 valence electrons. The Kier molecular flexibility index (Phi) is 3.16. The van der Waals surface area contributed by atoms with Gasteiger partial charge in [-0.15, -0.1) is 0 Å². The number of hydrogen-bond acceptors (Lipinski definition) is 5. The highest BCUT2D eigenvalue weighted by Gasteiger charge is 2.39. The van der Waals surface area contributed by atoms with Crippen molar-refractivity contribution in [2.45, 2.75) is 38.5 Å². The van der Waals surface area contributed by atoms with Crippen LogP contribution in [-0.4, -0.2) is 34.3 Å². The molecule has 0 spiro atoms. The van der Waals surface area contributed by atoms with Gasteiger partial charge in [-0.05, 0) is 30.3 Å². The van der Waals surface area contributed by atoms with Crippen LogP contribution in [0, 0.1) is 11.8 Å². The third-order valence-corrected chi connectivity index (χ3v) is 4.06. The molecular weight excluding hydrogens is 246 g/mol. The minimum atomic E-state index is -0.716. The van der Waals surface area contributed by atoms with Crippen LogP contribution in [0.15, 0.2) is 4.52 Å². The van der Waals surface area contributed by atoms with Crippen molar-refractivity contribution < 1.29 is 14.4 Å². The smallest absolute Gasteiger partial charge is 0.308 e. The Hall–Kier alpha value is -1.59. The van der Waals surface area contributed by atoms with E-state index in [1.807, 2.05) is 4.90 Å². The number of anilines is 1. The fourth-order valence-corrected chi connectivity index (χ4v) is 2.83. The molecule has 1 saturated heterocycles. The maximum Gasteiger partial charge on any atom is 0.308 e. The molecule has 0 bridgehead atoms. The highest BCUT2D eigenvalue weighted by molar-refractivity contribution is 5.72. The fraction of sp³-hybridized carbons (Fsp3) is 0.769. The lowest BCUT2D eigenvalue weighted by atomic mass is 9.92. The Balaban J connectivity index is 1.72. The van der Waals surface area contributed by atoms with Crippen LogP contribution < -0.4 is 4.90 Å². The van der Waals surface area contributed by atoms with E-state index in [1.54, 1.807) is 0 Å². The molecule has 2 atom stereocenters. The third-order valence-electron chi connectivity index (χ3n) is 4.06. The number of rotatable bonds is 5. The summed E-state index contributed by atoms with van der Waals surface area (Å²) < 4.78 is 5.24. The molecule has 2 heterocycles. The molecular formula is C13H19N3O3. The van der Waals surface area contributed by atoms with Crippen molar-refractivity contribution in [3.05, 3.63) is 5.89 Å². The Labute approximate surface area is 111 Å². The molecule has 1 aliphatic heterocycles. The number of hydrogen-bond donors (Lipinski definition) is 1. The van der Waals surface area contributed by atoms with Crippen LogP contribution in [0.1, 0.15) is 44.4 Å². The van der Waals surface area contributed by atoms with Crippen molar-refractivity contribution in [2.75, 3.05) is 18.0 Å². The fourth-order valence-electron chi connectivity index (χ4n) is 2.83. The Bertz CT molecular complexity index is 469. The van der Waals surface area contributed by atoms with Crippen LogP contribution >= 0.6 is 0 Å². The number of carboxylic acids is 1. The summed E-state index contributed by atoms with van der Waals surface area (Å²) in [5, 5.41) is 13.3. The third kappa shape index (κ3) is 2.43. The zero-order chi connectivity index (χ0) is 13.4. The molecule has 1 saturated carbocycles. The lowest BCUT2D eigenvalue weighted by molar-refractivity contribution is -0.142. The largest absolute Gasteiger partial charge is 0.481 e. The van der Waals surface area contributed by atoms with E-state index in [0.717, 1.165) is 25.7 Å². The van der Waals surface area contributed by atoms with E-state index in [2.05, 4.69) is 17.1 Å². The Morgan fingerprint density at radius 1 is 1.47 bits per heavy atom. The monoisotopic (exact) mass is 265 g/mol. The summed E-state index contributed by atoms with van der Waals surface area (Å²) in [6.07, 6.45) is 4.18. The zero-order valence-electron chi connectivity index (χ0n) is 11.1. The summed E-state index contributed by atoms with van der Waals surface area (Å²) in [5.74, 6) is 0.859. The van der Waals surface area contributed by atoms with Crippen LogP contribution in [-0.2, 0) is 4.79 Å². The molecule has 6 heteroatoms. The summed E-state index contributed by atoms with van der Waals surface area (Å²) in [6, 6.07) is 0. The highest BCUT2D eigenvalue weighted by Crippen LogP contribution is 2.40. The van der Waals surface area contributed by atoms with Gasteiger partial charge in [0.2, 0.25) is 5.89 Å². The van der Waals surface area contributed by atoms with Crippen LogP contribution in [0.2, 0.25) is 0 Å². The van der Waals surface area contributed by atoms with Crippen molar-refractivity contribution in [1.29, 1.82) is 0 Å². The Morgan fingerprint density at radius 2 is 2.26 bits per heavy atom. The van der Waals surface area contributed by atoms with E-state index in [4.69, 9.17) is 4.52 Å². The number of carboxylic acid groups (broad SMARTS) is 1. The molecule has 19 heavy (non-hydrogen) atoms. The second-order valence-corrected chi connectivity index (χ2v) is 5.61. The molecule has 6 nitrogen and oxygen atoms in total. The van der Waals surface area contributed by atoms with Crippen LogP contribution in [0.5, 0.6) is 0 Å². The minimum absolute atomic E-state index is 0.186. The van der Waals surface area contributed by atoms with Crippen molar-refractivity contribution >= 4 is 11.9 Å². The van der Waals surface area contributed by atoms with Gasteiger partial charge in [0, 0.05) is 19.0 Å². The second-order valence-electron chi connectivity index (χ2n) is 5.61. The molecule has 2 fully saturated rings. The van der Waals surface area contributed by atoms with Gasteiger partial charge in [-0.1, -0.05) is 13.3 Å². The number of nitrogens with zero attached hydrogens (tertiary/aromatic N) is 3. The quantitative estimate of drug-likeness (QED) is 0.875. The molecule has 1 N–H and O–H groups in total. The van der Waals surface area contributed by atoms with Gasteiger partial charge < -0.3 is 14.5 Å². The summed E-state index contributed by atoms with van der Waals surface area (Å²) in [6.45, 7) is 3.29. The Morgan fingerprint density at radius 3 is 2.89 bits per heavy atom. The van der Waals surface area contributed by atoms with E-state index in [1.165, 1.54) is 0 Å². The summed E-state index contributed by atoms with van der Waals surface area (Å²) >= 11 is 0. The first-order chi connectivity index (χ1) is 9.19. The minimum Gasteiger partial charge on any atom is -0.481 e. The highest BCUT2D eigenvalue weighted by atomic mass is 16.5. The van der Waals surface area contributed by atoms with Gasteiger partial charge in [0.1, 0.15) is 0 Å². The summed E-state index contributed by atoms with van der Waals surface area (Å²) in [7, 11) is 0. The molecule has 1 aliphatic carbocycles. The predicted octanol–water partition coefficient (Wildman–Crippen LogP) is 1.88. The van der Waals surface area contributed by atoms with Crippen molar-refractivity contribution in [2.24, 2.45) is 11.8 Å². The first kappa shape index (κ1) is 12.4.